The molecule has 0 saturated carbocycles. The van der Waals surface area contributed by atoms with Crippen LogP contribution in [0.25, 0.3) is 0 Å². The van der Waals surface area contributed by atoms with Crippen molar-refractivity contribution in [3.8, 4) is 0 Å². The van der Waals surface area contributed by atoms with Crippen LogP contribution in [0.3, 0.4) is 0 Å². The van der Waals surface area contributed by atoms with Crippen LogP contribution in [0.15, 0.2) is 21.5 Å². The largest absolute Gasteiger partial charge is 0.339 e. The van der Waals surface area contributed by atoms with Crippen LogP contribution in [-0.4, -0.2) is 61.7 Å². The van der Waals surface area contributed by atoms with Crippen LogP contribution in [0.4, 0.5) is 5.69 Å². The van der Waals surface area contributed by atoms with Crippen LogP contribution in [0.5, 0.6) is 0 Å². The number of rotatable bonds is 5. The Morgan fingerprint density at radius 3 is 2.58 bits per heavy atom. The molecule has 33 heavy (non-hydrogen) atoms. The average molecular weight is 541 g/mol. The van der Waals surface area contributed by atoms with E-state index < -0.39 is 10.0 Å². The molecule has 0 aliphatic carbocycles. The highest BCUT2D eigenvalue weighted by Crippen LogP contribution is 2.40. The van der Waals surface area contributed by atoms with Gasteiger partial charge in [0.05, 0.1) is 11.6 Å². The van der Waals surface area contributed by atoms with Crippen LogP contribution < -0.4 is 4.90 Å². The summed E-state index contributed by atoms with van der Waals surface area (Å²) in [6.07, 6.45) is 6.47. The number of anilines is 1. The molecule has 2 saturated heterocycles. The lowest BCUT2D eigenvalue weighted by molar-refractivity contribution is -0.140. The Hall–Kier alpha value is -1.45. The molecule has 3 aliphatic heterocycles. The molecule has 2 atom stereocenters. The van der Waals surface area contributed by atoms with Gasteiger partial charge < -0.3 is 9.80 Å². The molecule has 0 radical (unpaired) electrons. The fourth-order valence-electron chi connectivity index (χ4n) is 5.56. The third kappa shape index (κ3) is 4.73. The van der Waals surface area contributed by atoms with Crippen molar-refractivity contribution in [1.29, 1.82) is 0 Å². The highest BCUT2D eigenvalue weighted by atomic mass is 79.9. The van der Waals surface area contributed by atoms with Crippen LogP contribution in [0.1, 0.15) is 64.4 Å². The number of carbonyl (C=O) groups is 2. The number of benzene rings is 1. The van der Waals surface area contributed by atoms with E-state index in [1.807, 2.05) is 11.0 Å². The average Bonchev–Trinajstić information content (AvgIpc) is 3.26. The van der Waals surface area contributed by atoms with Gasteiger partial charge in [-0.15, -0.1) is 0 Å². The normalized spacial score (nSPS) is 24.1. The first-order valence-corrected chi connectivity index (χ1v) is 14.4. The molecular formula is C24H34BrN3O4S. The molecule has 0 unspecified atom stereocenters. The fraction of sp³-hybridized carbons (Fsp3) is 0.667. The molecule has 7 nitrogen and oxygen atoms in total. The van der Waals surface area contributed by atoms with Crippen LogP contribution in [0, 0.1) is 5.92 Å². The van der Waals surface area contributed by atoms with E-state index in [0.29, 0.717) is 42.5 Å². The van der Waals surface area contributed by atoms with Gasteiger partial charge in [-0.1, -0.05) is 29.8 Å². The zero-order chi connectivity index (χ0) is 23.8. The minimum Gasteiger partial charge on any atom is -0.339 e. The Bertz CT molecular complexity index is 1030. The molecule has 0 spiro atoms. The van der Waals surface area contributed by atoms with Gasteiger partial charge in [-0.05, 0) is 62.6 Å². The van der Waals surface area contributed by atoms with Gasteiger partial charge in [0, 0.05) is 43.1 Å². The van der Waals surface area contributed by atoms with Crippen molar-refractivity contribution in [2.75, 3.05) is 31.1 Å². The van der Waals surface area contributed by atoms with Crippen LogP contribution >= 0.6 is 15.9 Å². The number of hydrogen-bond acceptors (Lipinski definition) is 4. The van der Waals surface area contributed by atoms with E-state index >= 15 is 0 Å². The standard InChI is InChI=1S/C24H34BrN3O4S/c1-3-20-9-5-6-12-27(20)24(30)18-8-7-11-26(16-18)33(31,32)21-15-19(25)14-17-10-13-28(23(17)21)22(29)4-2/h14-15,18,20H,3-13,16H2,1-2H3/t18-,20-/m1/s1. The van der Waals surface area contributed by atoms with Gasteiger partial charge in [-0.25, -0.2) is 8.42 Å². The Balaban J connectivity index is 1.62. The van der Waals surface area contributed by atoms with Crippen molar-refractivity contribution in [1.82, 2.24) is 9.21 Å². The molecule has 3 heterocycles. The zero-order valence-corrected chi connectivity index (χ0v) is 22.0. The van der Waals surface area contributed by atoms with E-state index in [4.69, 9.17) is 0 Å². The Morgan fingerprint density at radius 2 is 1.85 bits per heavy atom. The third-order valence-corrected chi connectivity index (χ3v) is 9.67. The number of likely N-dealkylation sites (tertiary alicyclic amines) is 1. The molecule has 3 aliphatic rings. The lowest BCUT2D eigenvalue weighted by Crippen LogP contribution is -2.51. The first kappa shape index (κ1) is 24.7. The quantitative estimate of drug-likeness (QED) is 0.567. The number of fused-ring (bicyclic) bond motifs is 1. The molecule has 4 rings (SSSR count). The Kier molecular flexibility index (Phi) is 7.50. The number of amides is 2. The van der Waals surface area contributed by atoms with Crippen LogP contribution in [-0.2, 0) is 26.0 Å². The highest BCUT2D eigenvalue weighted by Gasteiger charge is 2.40. The number of carbonyl (C=O) groups excluding carboxylic acids is 2. The summed E-state index contributed by atoms with van der Waals surface area (Å²) in [6, 6.07) is 3.78. The van der Waals surface area contributed by atoms with E-state index in [1.165, 1.54) is 4.31 Å². The van der Waals surface area contributed by atoms with Gasteiger partial charge >= 0.3 is 0 Å². The van der Waals surface area contributed by atoms with E-state index in [0.717, 1.165) is 44.2 Å². The van der Waals surface area contributed by atoms with E-state index in [9.17, 15) is 18.0 Å². The maximum Gasteiger partial charge on any atom is 0.245 e. The predicted molar refractivity (Wildman–Crippen MR) is 132 cm³/mol. The zero-order valence-electron chi connectivity index (χ0n) is 19.6. The first-order chi connectivity index (χ1) is 15.8. The minimum absolute atomic E-state index is 0.0741. The maximum absolute atomic E-state index is 13.9. The van der Waals surface area contributed by atoms with Gasteiger partial charge in [0.15, 0.2) is 0 Å². The summed E-state index contributed by atoms with van der Waals surface area (Å²) in [5, 5.41) is 0. The molecule has 1 aromatic rings. The monoisotopic (exact) mass is 539 g/mol. The molecule has 0 bridgehead atoms. The smallest absolute Gasteiger partial charge is 0.245 e. The molecule has 1 aromatic carbocycles. The summed E-state index contributed by atoms with van der Waals surface area (Å²) in [5.41, 5.74) is 1.38. The molecule has 2 amide bonds. The number of nitrogens with zero attached hydrogens (tertiary/aromatic N) is 3. The van der Waals surface area contributed by atoms with Crippen molar-refractivity contribution in [2.24, 2.45) is 5.92 Å². The summed E-state index contributed by atoms with van der Waals surface area (Å²) >= 11 is 3.46. The highest BCUT2D eigenvalue weighted by molar-refractivity contribution is 9.10. The summed E-state index contributed by atoms with van der Waals surface area (Å²) in [5.74, 6) is -0.284. The molecule has 9 heteroatoms. The molecule has 182 valence electrons. The summed E-state index contributed by atoms with van der Waals surface area (Å²) in [7, 11) is -3.86. The van der Waals surface area contributed by atoms with Crippen molar-refractivity contribution >= 4 is 43.5 Å². The second-order valence-corrected chi connectivity index (χ2v) is 12.2. The van der Waals surface area contributed by atoms with Gasteiger partial charge in [0.25, 0.3) is 0 Å². The fourth-order valence-corrected chi connectivity index (χ4v) is 8.00. The number of sulfonamides is 1. The second kappa shape index (κ2) is 10.0. The van der Waals surface area contributed by atoms with Crippen molar-refractivity contribution < 1.29 is 18.0 Å². The predicted octanol–water partition coefficient (Wildman–Crippen LogP) is 3.94. The second-order valence-electron chi connectivity index (χ2n) is 9.35. The summed E-state index contributed by atoms with van der Waals surface area (Å²) < 4.78 is 29.9. The molecule has 2 fully saturated rings. The van der Waals surface area contributed by atoms with E-state index in [2.05, 4.69) is 22.9 Å². The number of hydrogen-bond donors (Lipinski definition) is 0. The number of halogens is 1. The maximum atomic E-state index is 13.9. The minimum atomic E-state index is -3.86. The first-order valence-electron chi connectivity index (χ1n) is 12.2. The SMILES string of the molecule is CCC(=O)N1CCc2cc(Br)cc(S(=O)(=O)N3CCC[C@@H](C(=O)N4CCCC[C@H]4CC)C3)c21. The van der Waals surface area contributed by atoms with Gasteiger partial charge in [0.1, 0.15) is 4.90 Å². The topological polar surface area (TPSA) is 78.0 Å². The van der Waals surface area contributed by atoms with Crippen LogP contribution in [0.2, 0.25) is 0 Å². The van der Waals surface area contributed by atoms with Crippen molar-refractivity contribution in [3.05, 3.63) is 22.2 Å². The Morgan fingerprint density at radius 1 is 1.06 bits per heavy atom. The summed E-state index contributed by atoms with van der Waals surface area (Å²) in [4.78, 5) is 29.7. The van der Waals surface area contributed by atoms with Crippen molar-refractivity contribution in [3.63, 3.8) is 0 Å². The molecular weight excluding hydrogens is 506 g/mol. The number of piperidine rings is 2. The van der Waals surface area contributed by atoms with Crippen molar-refractivity contribution in [2.45, 2.75) is 76.2 Å². The van der Waals surface area contributed by atoms with Gasteiger partial charge in [-0.2, -0.15) is 4.31 Å². The summed E-state index contributed by atoms with van der Waals surface area (Å²) in [6.45, 7) is 5.77. The molecule has 0 N–H and O–H groups in total. The van der Waals surface area contributed by atoms with Gasteiger partial charge in [-0.3, -0.25) is 9.59 Å². The van der Waals surface area contributed by atoms with Gasteiger partial charge in [0.2, 0.25) is 21.8 Å². The Labute approximate surface area is 205 Å². The third-order valence-electron chi connectivity index (χ3n) is 7.33. The van der Waals surface area contributed by atoms with E-state index in [-0.39, 0.29) is 35.2 Å². The van der Waals surface area contributed by atoms with E-state index in [1.54, 1.807) is 17.9 Å². The lowest BCUT2D eigenvalue weighted by atomic mass is 9.93. The molecule has 0 aromatic heterocycles. The lowest BCUT2D eigenvalue weighted by Gasteiger charge is -2.40.